The van der Waals surface area contributed by atoms with Gasteiger partial charge in [-0.15, -0.1) is 0 Å². The van der Waals surface area contributed by atoms with Gasteiger partial charge in [0.1, 0.15) is 0 Å². The van der Waals surface area contributed by atoms with Crippen molar-refractivity contribution in [2.75, 3.05) is 5.32 Å². The molecule has 0 aliphatic carbocycles. The van der Waals surface area contributed by atoms with Crippen LogP contribution in [-0.2, 0) is 11.3 Å². The molecular weight excluding hydrogens is 164 g/mol. The first kappa shape index (κ1) is 9.74. The fourth-order valence-electron chi connectivity index (χ4n) is 0.974. The number of rotatable bonds is 3. The van der Waals surface area contributed by atoms with Crippen LogP contribution < -0.4 is 11.1 Å². The quantitative estimate of drug-likeness (QED) is 0.736. The molecule has 70 valence electrons. The van der Waals surface area contributed by atoms with Crippen LogP contribution >= 0.6 is 0 Å². The number of nitrogens with one attached hydrogen (secondary N) is 1. The minimum Gasteiger partial charge on any atom is -0.326 e. The second-order valence-electron chi connectivity index (χ2n) is 2.80. The SMILES string of the molecule is CCC(=O)Nc1ccc(CN)cc1. The Hall–Kier alpha value is -1.35. The third-order valence-corrected chi connectivity index (χ3v) is 1.79. The number of carbonyl (C=O) groups is 1. The lowest BCUT2D eigenvalue weighted by Gasteiger charge is -2.03. The highest BCUT2D eigenvalue weighted by Crippen LogP contribution is 2.08. The summed E-state index contributed by atoms with van der Waals surface area (Å²) in [4.78, 5) is 11.0. The Morgan fingerprint density at radius 1 is 1.38 bits per heavy atom. The molecule has 1 rings (SSSR count). The summed E-state index contributed by atoms with van der Waals surface area (Å²) >= 11 is 0. The Labute approximate surface area is 77.9 Å². The molecule has 13 heavy (non-hydrogen) atoms. The molecule has 0 unspecified atom stereocenters. The summed E-state index contributed by atoms with van der Waals surface area (Å²) in [6.45, 7) is 2.35. The van der Waals surface area contributed by atoms with Crippen LogP contribution in [0, 0.1) is 0 Å². The van der Waals surface area contributed by atoms with Gasteiger partial charge >= 0.3 is 0 Å². The van der Waals surface area contributed by atoms with Crippen LogP contribution in [0.5, 0.6) is 0 Å². The number of nitrogens with two attached hydrogens (primary N) is 1. The molecule has 1 aromatic carbocycles. The van der Waals surface area contributed by atoms with E-state index in [9.17, 15) is 4.79 Å². The highest BCUT2D eigenvalue weighted by molar-refractivity contribution is 5.90. The van der Waals surface area contributed by atoms with Gasteiger partial charge in [0.2, 0.25) is 5.91 Å². The number of amides is 1. The van der Waals surface area contributed by atoms with E-state index in [-0.39, 0.29) is 5.91 Å². The lowest BCUT2D eigenvalue weighted by atomic mass is 10.2. The van der Waals surface area contributed by atoms with Crippen molar-refractivity contribution in [3.8, 4) is 0 Å². The van der Waals surface area contributed by atoms with Crippen LogP contribution in [0.2, 0.25) is 0 Å². The molecule has 0 radical (unpaired) electrons. The van der Waals surface area contributed by atoms with E-state index in [0.717, 1.165) is 11.3 Å². The zero-order valence-electron chi connectivity index (χ0n) is 7.71. The maximum Gasteiger partial charge on any atom is 0.224 e. The van der Waals surface area contributed by atoms with E-state index in [0.29, 0.717) is 13.0 Å². The standard InChI is InChI=1S/C10H14N2O/c1-2-10(13)12-9-5-3-8(7-11)4-6-9/h3-6H,2,7,11H2,1H3,(H,12,13). The number of carbonyl (C=O) groups excluding carboxylic acids is 1. The van der Waals surface area contributed by atoms with Crippen LogP contribution in [0.25, 0.3) is 0 Å². The molecular formula is C10H14N2O. The topological polar surface area (TPSA) is 55.1 Å². The van der Waals surface area contributed by atoms with Gasteiger partial charge in [0, 0.05) is 18.7 Å². The summed E-state index contributed by atoms with van der Waals surface area (Å²) in [7, 11) is 0. The summed E-state index contributed by atoms with van der Waals surface area (Å²) in [5.41, 5.74) is 7.33. The fourth-order valence-corrected chi connectivity index (χ4v) is 0.974. The van der Waals surface area contributed by atoms with E-state index >= 15 is 0 Å². The average molecular weight is 178 g/mol. The van der Waals surface area contributed by atoms with E-state index in [1.54, 1.807) is 0 Å². The van der Waals surface area contributed by atoms with Gasteiger partial charge in [-0.1, -0.05) is 19.1 Å². The molecule has 0 aliphatic heterocycles. The summed E-state index contributed by atoms with van der Waals surface area (Å²) in [6, 6.07) is 7.53. The molecule has 3 nitrogen and oxygen atoms in total. The van der Waals surface area contributed by atoms with Crippen molar-refractivity contribution in [3.63, 3.8) is 0 Å². The Morgan fingerprint density at radius 3 is 2.46 bits per heavy atom. The molecule has 0 spiro atoms. The predicted molar refractivity (Wildman–Crippen MR) is 53.3 cm³/mol. The summed E-state index contributed by atoms with van der Waals surface area (Å²) < 4.78 is 0. The van der Waals surface area contributed by atoms with Crippen molar-refractivity contribution in [1.82, 2.24) is 0 Å². The minimum atomic E-state index is 0.0282. The molecule has 0 atom stereocenters. The van der Waals surface area contributed by atoms with Gasteiger partial charge in [-0.2, -0.15) is 0 Å². The Kier molecular flexibility index (Phi) is 3.46. The second kappa shape index (κ2) is 4.62. The van der Waals surface area contributed by atoms with Crippen molar-refractivity contribution < 1.29 is 4.79 Å². The van der Waals surface area contributed by atoms with Gasteiger partial charge in [0.15, 0.2) is 0 Å². The number of hydrogen-bond acceptors (Lipinski definition) is 2. The molecule has 1 aromatic rings. The number of benzene rings is 1. The monoisotopic (exact) mass is 178 g/mol. The number of anilines is 1. The first-order valence-corrected chi connectivity index (χ1v) is 4.35. The van der Waals surface area contributed by atoms with Crippen LogP contribution in [0.15, 0.2) is 24.3 Å². The molecule has 1 amide bonds. The molecule has 0 saturated carbocycles. The van der Waals surface area contributed by atoms with E-state index in [2.05, 4.69) is 5.32 Å². The highest BCUT2D eigenvalue weighted by atomic mass is 16.1. The Balaban J connectivity index is 2.64. The lowest BCUT2D eigenvalue weighted by Crippen LogP contribution is -2.09. The fraction of sp³-hybridized carbons (Fsp3) is 0.300. The lowest BCUT2D eigenvalue weighted by molar-refractivity contribution is -0.115. The van der Waals surface area contributed by atoms with Gasteiger partial charge in [0.05, 0.1) is 0 Å². The minimum absolute atomic E-state index is 0.0282. The first-order valence-electron chi connectivity index (χ1n) is 4.35. The molecule has 0 aliphatic rings. The van der Waals surface area contributed by atoms with E-state index in [1.807, 2.05) is 31.2 Å². The first-order chi connectivity index (χ1) is 6.26. The van der Waals surface area contributed by atoms with Gasteiger partial charge in [-0.05, 0) is 17.7 Å². The summed E-state index contributed by atoms with van der Waals surface area (Å²) in [6.07, 6.45) is 0.499. The van der Waals surface area contributed by atoms with Crippen LogP contribution in [-0.4, -0.2) is 5.91 Å². The third kappa shape index (κ3) is 2.87. The smallest absolute Gasteiger partial charge is 0.224 e. The normalized spacial score (nSPS) is 9.69. The van der Waals surface area contributed by atoms with E-state index in [4.69, 9.17) is 5.73 Å². The average Bonchev–Trinajstić information content (AvgIpc) is 2.19. The highest BCUT2D eigenvalue weighted by Gasteiger charge is 1.97. The van der Waals surface area contributed by atoms with Gasteiger partial charge in [-0.25, -0.2) is 0 Å². The molecule has 0 bridgehead atoms. The maximum absolute atomic E-state index is 11.0. The van der Waals surface area contributed by atoms with Crippen molar-refractivity contribution in [2.45, 2.75) is 19.9 Å². The molecule has 0 saturated heterocycles. The number of hydrogen-bond donors (Lipinski definition) is 2. The summed E-state index contributed by atoms with van der Waals surface area (Å²) in [5.74, 6) is 0.0282. The molecule has 0 fully saturated rings. The molecule has 0 heterocycles. The zero-order valence-corrected chi connectivity index (χ0v) is 7.71. The Bertz CT molecular complexity index is 279. The summed E-state index contributed by atoms with van der Waals surface area (Å²) in [5, 5.41) is 2.76. The van der Waals surface area contributed by atoms with Gasteiger partial charge in [0.25, 0.3) is 0 Å². The molecule has 3 N–H and O–H groups in total. The van der Waals surface area contributed by atoms with Crippen molar-refractivity contribution >= 4 is 11.6 Å². The van der Waals surface area contributed by atoms with Crippen molar-refractivity contribution in [2.24, 2.45) is 5.73 Å². The molecule has 3 heteroatoms. The van der Waals surface area contributed by atoms with Gasteiger partial charge in [-0.3, -0.25) is 4.79 Å². The third-order valence-electron chi connectivity index (χ3n) is 1.79. The zero-order chi connectivity index (χ0) is 9.68. The second-order valence-corrected chi connectivity index (χ2v) is 2.80. The van der Waals surface area contributed by atoms with Crippen LogP contribution in [0.3, 0.4) is 0 Å². The van der Waals surface area contributed by atoms with Gasteiger partial charge < -0.3 is 11.1 Å². The van der Waals surface area contributed by atoms with E-state index < -0.39 is 0 Å². The van der Waals surface area contributed by atoms with Crippen molar-refractivity contribution in [1.29, 1.82) is 0 Å². The molecule has 0 aromatic heterocycles. The van der Waals surface area contributed by atoms with Crippen molar-refractivity contribution in [3.05, 3.63) is 29.8 Å². The predicted octanol–water partition coefficient (Wildman–Crippen LogP) is 1.49. The van der Waals surface area contributed by atoms with E-state index in [1.165, 1.54) is 0 Å². The van der Waals surface area contributed by atoms with Crippen LogP contribution in [0.4, 0.5) is 5.69 Å². The maximum atomic E-state index is 11.0. The Morgan fingerprint density at radius 2 is 2.00 bits per heavy atom. The largest absolute Gasteiger partial charge is 0.326 e. The van der Waals surface area contributed by atoms with Crippen LogP contribution in [0.1, 0.15) is 18.9 Å².